The Morgan fingerprint density at radius 2 is 1.84 bits per heavy atom. The first kappa shape index (κ1) is 10.9. The minimum absolute atomic E-state index is 1.06. The van der Waals surface area contributed by atoms with Crippen molar-refractivity contribution in [2.24, 2.45) is 0 Å². The SMILES string of the molecule is Cc1nc(-c2ccc3c(c2)-c2ccccc2C3)cs1. The zero-order chi connectivity index (χ0) is 12.8. The third-order valence-electron chi connectivity index (χ3n) is 3.71. The summed E-state index contributed by atoms with van der Waals surface area (Å²) in [5, 5.41) is 3.26. The molecule has 0 saturated carbocycles. The van der Waals surface area contributed by atoms with E-state index in [1.807, 2.05) is 0 Å². The maximum Gasteiger partial charge on any atom is 0.0901 e. The molecule has 0 aliphatic heterocycles. The molecule has 0 saturated heterocycles. The summed E-state index contributed by atoms with van der Waals surface area (Å²) in [6, 6.07) is 15.4. The lowest BCUT2D eigenvalue weighted by molar-refractivity contribution is 1.26. The molecule has 1 aliphatic rings. The van der Waals surface area contributed by atoms with E-state index >= 15 is 0 Å². The van der Waals surface area contributed by atoms with Crippen molar-refractivity contribution in [1.29, 1.82) is 0 Å². The Balaban J connectivity index is 1.88. The van der Waals surface area contributed by atoms with Crippen LogP contribution in [0.5, 0.6) is 0 Å². The van der Waals surface area contributed by atoms with Crippen LogP contribution in [0.1, 0.15) is 16.1 Å². The Hall–Kier alpha value is -1.93. The number of hydrogen-bond donors (Lipinski definition) is 0. The molecule has 3 aromatic rings. The van der Waals surface area contributed by atoms with Crippen molar-refractivity contribution < 1.29 is 0 Å². The van der Waals surface area contributed by atoms with Gasteiger partial charge in [-0.2, -0.15) is 0 Å². The fraction of sp³-hybridized carbons (Fsp3) is 0.118. The predicted molar refractivity (Wildman–Crippen MR) is 80.5 cm³/mol. The summed E-state index contributed by atoms with van der Waals surface area (Å²) >= 11 is 1.71. The molecule has 0 radical (unpaired) electrons. The van der Waals surface area contributed by atoms with Crippen LogP contribution in [-0.4, -0.2) is 4.98 Å². The van der Waals surface area contributed by atoms with E-state index in [0.29, 0.717) is 0 Å². The van der Waals surface area contributed by atoms with E-state index in [9.17, 15) is 0 Å². The summed E-state index contributed by atoms with van der Waals surface area (Å²) in [4.78, 5) is 4.58. The van der Waals surface area contributed by atoms with E-state index in [1.165, 1.54) is 27.8 Å². The highest BCUT2D eigenvalue weighted by atomic mass is 32.1. The van der Waals surface area contributed by atoms with Gasteiger partial charge in [0, 0.05) is 10.9 Å². The number of nitrogens with zero attached hydrogens (tertiary/aromatic N) is 1. The van der Waals surface area contributed by atoms with Crippen molar-refractivity contribution in [1.82, 2.24) is 4.98 Å². The molecule has 4 rings (SSSR count). The molecule has 0 fully saturated rings. The second-order valence-electron chi connectivity index (χ2n) is 4.96. The minimum Gasteiger partial charge on any atom is -0.242 e. The number of thiazole rings is 1. The van der Waals surface area contributed by atoms with E-state index < -0.39 is 0 Å². The Bertz CT molecular complexity index is 770. The Labute approximate surface area is 116 Å². The molecule has 2 heteroatoms. The zero-order valence-corrected chi connectivity index (χ0v) is 11.5. The topological polar surface area (TPSA) is 12.9 Å². The van der Waals surface area contributed by atoms with Gasteiger partial charge in [-0.3, -0.25) is 0 Å². The first-order chi connectivity index (χ1) is 9.31. The maximum atomic E-state index is 4.58. The van der Waals surface area contributed by atoms with Crippen LogP contribution in [0.2, 0.25) is 0 Å². The zero-order valence-electron chi connectivity index (χ0n) is 10.7. The molecule has 0 bridgehead atoms. The summed E-state index contributed by atoms with van der Waals surface area (Å²) in [6.07, 6.45) is 1.06. The van der Waals surface area contributed by atoms with Gasteiger partial charge in [0.05, 0.1) is 10.7 Å². The van der Waals surface area contributed by atoms with Gasteiger partial charge in [-0.1, -0.05) is 36.4 Å². The lowest BCUT2D eigenvalue weighted by atomic mass is 10.0. The molecule has 0 atom stereocenters. The van der Waals surface area contributed by atoms with Gasteiger partial charge in [-0.05, 0) is 41.7 Å². The molecule has 1 heterocycles. The van der Waals surface area contributed by atoms with E-state index in [2.05, 4.69) is 59.8 Å². The summed E-state index contributed by atoms with van der Waals surface area (Å²) in [6.45, 7) is 2.05. The number of rotatable bonds is 1. The Morgan fingerprint density at radius 1 is 1.00 bits per heavy atom. The van der Waals surface area contributed by atoms with Crippen LogP contribution in [0, 0.1) is 6.92 Å². The highest BCUT2D eigenvalue weighted by molar-refractivity contribution is 7.09. The first-order valence-electron chi connectivity index (χ1n) is 6.45. The monoisotopic (exact) mass is 263 g/mol. The number of hydrogen-bond acceptors (Lipinski definition) is 2. The molecule has 1 nitrogen and oxygen atoms in total. The van der Waals surface area contributed by atoms with Gasteiger partial charge >= 0.3 is 0 Å². The molecule has 92 valence electrons. The fourth-order valence-electron chi connectivity index (χ4n) is 2.78. The molecular formula is C17H13NS. The fourth-order valence-corrected chi connectivity index (χ4v) is 3.40. The minimum atomic E-state index is 1.06. The van der Waals surface area contributed by atoms with Crippen molar-refractivity contribution in [3.63, 3.8) is 0 Å². The molecule has 2 aromatic carbocycles. The average Bonchev–Trinajstić information content (AvgIpc) is 3.01. The third kappa shape index (κ3) is 1.71. The van der Waals surface area contributed by atoms with E-state index in [0.717, 1.165) is 17.1 Å². The number of fused-ring (bicyclic) bond motifs is 3. The quantitative estimate of drug-likeness (QED) is 0.485. The average molecular weight is 263 g/mol. The van der Waals surface area contributed by atoms with Gasteiger partial charge in [0.15, 0.2) is 0 Å². The third-order valence-corrected chi connectivity index (χ3v) is 4.49. The highest BCUT2D eigenvalue weighted by Crippen LogP contribution is 2.38. The molecule has 19 heavy (non-hydrogen) atoms. The molecular weight excluding hydrogens is 250 g/mol. The van der Waals surface area contributed by atoms with Crippen LogP contribution in [0.15, 0.2) is 47.8 Å². The van der Waals surface area contributed by atoms with Gasteiger partial charge in [0.2, 0.25) is 0 Å². The van der Waals surface area contributed by atoms with Crippen LogP contribution in [0.25, 0.3) is 22.4 Å². The largest absolute Gasteiger partial charge is 0.242 e. The second-order valence-corrected chi connectivity index (χ2v) is 6.02. The van der Waals surface area contributed by atoms with Crippen molar-refractivity contribution in [3.05, 3.63) is 64.0 Å². The molecule has 0 N–H and O–H groups in total. The maximum absolute atomic E-state index is 4.58. The van der Waals surface area contributed by atoms with E-state index in [4.69, 9.17) is 0 Å². The molecule has 0 spiro atoms. The van der Waals surface area contributed by atoms with Gasteiger partial charge in [0.1, 0.15) is 0 Å². The van der Waals surface area contributed by atoms with Crippen LogP contribution in [-0.2, 0) is 6.42 Å². The molecule has 0 unspecified atom stereocenters. The normalized spacial score (nSPS) is 12.3. The van der Waals surface area contributed by atoms with Gasteiger partial charge in [-0.15, -0.1) is 11.3 Å². The van der Waals surface area contributed by atoms with Crippen molar-refractivity contribution >= 4 is 11.3 Å². The standard InChI is InChI=1S/C17H13NS/c1-11-18-17(10-19-11)14-7-6-13-8-12-4-2-3-5-15(12)16(13)9-14/h2-7,9-10H,8H2,1H3. The summed E-state index contributed by atoms with van der Waals surface area (Å²) in [7, 11) is 0. The van der Waals surface area contributed by atoms with Gasteiger partial charge < -0.3 is 0 Å². The van der Waals surface area contributed by atoms with E-state index in [-0.39, 0.29) is 0 Å². The Morgan fingerprint density at radius 3 is 2.68 bits per heavy atom. The van der Waals surface area contributed by atoms with Crippen LogP contribution in [0.4, 0.5) is 0 Å². The van der Waals surface area contributed by atoms with Crippen molar-refractivity contribution in [3.8, 4) is 22.4 Å². The van der Waals surface area contributed by atoms with Crippen LogP contribution in [0.3, 0.4) is 0 Å². The van der Waals surface area contributed by atoms with Crippen LogP contribution < -0.4 is 0 Å². The summed E-state index contributed by atoms with van der Waals surface area (Å²) < 4.78 is 0. The number of aromatic nitrogens is 1. The van der Waals surface area contributed by atoms with Crippen molar-refractivity contribution in [2.45, 2.75) is 13.3 Å². The smallest absolute Gasteiger partial charge is 0.0901 e. The Kier molecular flexibility index (Phi) is 2.32. The number of benzene rings is 2. The predicted octanol–water partition coefficient (Wildman–Crippen LogP) is 4.69. The van der Waals surface area contributed by atoms with E-state index in [1.54, 1.807) is 11.3 Å². The lowest BCUT2D eigenvalue weighted by Crippen LogP contribution is -1.83. The molecule has 0 amide bonds. The first-order valence-corrected chi connectivity index (χ1v) is 7.33. The summed E-state index contributed by atoms with van der Waals surface area (Å²) in [5.74, 6) is 0. The molecule has 1 aromatic heterocycles. The van der Waals surface area contributed by atoms with Gasteiger partial charge in [-0.25, -0.2) is 4.98 Å². The lowest BCUT2D eigenvalue weighted by Gasteiger charge is -2.03. The van der Waals surface area contributed by atoms with Crippen molar-refractivity contribution in [2.75, 3.05) is 0 Å². The van der Waals surface area contributed by atoms with Crippen LogP contribution >= 0.6 is 11.3 Å². The second kappa shape index (κ2) is 4.04. The summed E-state index contributed by atoms with van der Waals surface area (Å²) in [5.41, 5.74) is 7.93. The van der Waals surface area contributed by atoms with Gasteiger partial charge in [0.25, 0.3) is 0 Å². The number of aryl methyl sites for hydroxylation is 1. The molecule has 1 aliphatic carbocycles. The highest BCUT2D eigenvalue weighted by Gasteiger charge is 2.18.